The standard InChI is InChI=1S/C19H31N3O3S/c1-15(2)17(20)12-14-21(3)19(23)18-11-7-8-13-22(18)26(24,25)16-9-5-4-6-10-16/h4-6,9-10,15,17-18H,7-8,11-14,20H2,1-3H3. The number of hydrogen-bond donors (Lipinski definition) is 1. The van der Waals surface area contributed by atoms with Crippen molar-refractivity contribution in [1.82, 2.24) is 9.21 Å². The summed E-state index contributed by atoms with van der Waals surface area (Å²) in [5, 5.41) is 0. The molecule has 2 N–H and O–H groups in total. The Morgan fingerprint density at radius 1 is 1.27 bits per heavy atom. The number of amides is 1. The van der Waals surface area contributed by atoms with Crippen molar-refractivity contribution in [1.29, 1.82) is 0 Å². The van der Waals surface area contributed by atoms with Crippen molar-refractivity contribution in [2.75, 3.05) is 20.1 Å². The molecule has 0 saturated carbocycles. The summed E-state index contributed by atoms with van der Waals surface area (Å²) >= 11 is 0. The maximum absolute atomic E-state index is 13.0. The lowest BCUT2D eigenvalue weighted by atomic mass is 10.0. The van der Waals surface area contributed by atoms with Crippen LogP contribution in [0, 0.1) is 5.92 Å². The first-order chi connectivity index (χ1) is 12.2. The first kappa shape index (κ1) is 20.9. The number of nitrogens with two attached hydrogens (primary N) is 1. The second-order valence-corrected chi connectivity index (χ2v) is 9.29. The molecule has 0 aromatic heterocycles. The van der Waals surface area contributed by atoms with Gasteiger partial charge in [0.05, 0.1) is 4.90 Å². The highest BCUT2D eigenvalue weighted by molar-refractivity contribution is 7.89. The molecule has 26 heavy (non-hydrogen) atoms. The van der Waals surface area contributed by atoms with Gasteiger partial charge >= 0.3 is 0 Å². The summed E-state index contributed by atoms with van der Waals surface area (Å²) in [5.74, 6) is 0.211. The number of sulfonamides is 1. The van der Waals surface area contributed by atoms with E-state index in [-0.39, 0.29) is 16.8 Å². The summed E-state index contributed by atoms with van der Waals surface area (Å²) in [6.07, 6.45) is 2.90. The van der Waals surface area contributed by atoms with Gasteiger partial charge in [0, 0.05) is 26.2 Å². The molecule has 1 aromatic carbocycles. The minimum Gasteiger partial charge on any atom is -0.344 e. The molecule has 1 fully saturated rings. The monoisotopic (exact) mass is 381 g/mol. The van der Waals surface area contributed by atoms with E-state index in [1.165, 1.54) is 4.31 Å². The Hall–Kier alpha value is -1.44. The number of hydrogen-bond acceptors (Lipinski definition) is 4. The van der Waals surface area contributed by atoms with E-state index in [1.807, 2.05) is 0 Å². The summed E-state index contributed by atoms with van der Waals surface area (Å²) in [7, 11) is -1.94. The van der Waals surface area contributed by atoms with E-state index in [0.29, 0.717) is 31.8 Å². The van der Waals surface area contributed by atoms with Gasteiger partial charge in [-0.2, -0.15) is 4.31 Å². The summed E-state index contributed by atoms with van der Waals surface area (Å²) in [5.41, 5.74) is 6.07. The Kier molecular flexibility index (Phi) is 7.20. The molecular formula is C19H31N3O3S. The van der Waals surface area contributed by atoms with Crippen LogP contribution in [0.25, 0.3) is 0 Å². The van der Waals surface area contributed by atoms with E-state index in [4.69, 9.17) is 5.73 Å². The van der Waals surface area contributed by atoms with Crippen molar-refractivity contribution >= 4 is 15.9 Å². The Morgan fingerprint density at radius 3 is 2.54 bits per heavy atom. The van der Waals surface area contributed by atoms with E-state index in [9.17, 15) is 13.2 Å². The van der Waals surface area contributed by atoms with Crippen LogP contribution in [0.3, 0.4) is 0 Å². The Labute approximate surface area is 157 Å². The molecule has 1 heterocycles. The average molecular weight is 382 g/mol. The molecule has 0 spiro atoms. The molecule has 1 aliphatic heterocycles. The van der Waals surface area contributed by atoms with E-state index in [1.54, 1.807) is 42.3 Å². The second kappa shape index (κ2) is 8.97. The van der Waals surface area contributed by atoms with Gasteiger partial charge in [-0.3, -0.25) is 4.79 Å². The van der Waals surface area contributed by atoms with Gasteiger partial charge in [0.1, 0.15) is 6.04 Å². The van der Waals surface area contributed by atoms with Gasteiger partial charge in [-0.1, -0.05) is 38.5 Å². The largest absolute Gasteiger partial charge is 0.344 e. The highest BCUT2D eigenvalue weighted by Gasteiger charge is 2.38. The van der Waals surface area contributed by atoms with Crippen LogP contribution >= 0.6 is 0 Å². The molecule has 2 rings (SSSR count). The van der Waals surface area contributed by atoms with Crippen LogP contribution in [-0.2, 0) is 14.8 Å². The normalized spacial score (nSPS) is 20.1. The number of likely N-dealkylation sites (N-methyl/N-ethyl adjacent to an activating group) is 1. The van der Waals surface area contributed by atoms with Crippen molar-refractivity contribution in [2.45, 2.75) is 56.5 Å². The highest BCUT2D eigenvalue weighted by atomic mass is 32.2. The topological polar surface area (TPSA) is 83.7 Å². The van der Waals surface area contributed by atoms with Crippen LogP contribution in [0.2, 0.25) is 0 Å². The molecule has 0 radical (unpaired) electrons. The van der Waals surface area contributed by atoms with Gasteiger partial charge in [0.15, 0.2) is 0 Å². The smallest absolute Gasteiger partial charge is 0.243 e. The van der Waals surface area contributed by atoms with Crippen molar-refractivity contribution in [3.8, 4) is 0 Å². The third-order valence-corrected chi connectivity index (χ3v) is 7.04. The van der Waals surface area contributed by atoms with E-state index in [2.05, 4.69) is 13.8 Å². The van der Waals surface area contributed by atoms with Crippen molar-refractivity contribution in [2.24, 2.45) is 11.7 Å². The maximum atomic E-state index is 13.0. The van der Waals surface area contributed by atoms with Crippen LogP contribution in [-0.4, -0.2) is 55.8 Å². The zero-order valence-corrected chi connectivity index (χ0v) is 16.8. The first-order valence-electron chi connectivity index (χ1n) is 9.32. The summed E-state index contributed by atoms with van der Waals surface area (Å²) in [6.45, 7) is 5.03. The SMILES string of the molecule is CC(C)C(N)CCN(C)C(=O)C1CCCCN1S(=O)(=O)c1ccccc1. The molecule has 1 aromatic rings. The molecule has 2 atom stereocenters. The third kappa shape index (κ3) is 4.84. The fourth-order valence-corrected chi connectivity index (χ4v) is 4.88. The van der Waals surface area contributed by atoms with E-state index < -0.39 is 16.1 Å². The summed E-state index contributed by atoms with van der Waals surface area (Å²) in [4.78, 5) is 14.8. The van der Waals surface area contributed by atoms with Crippen molar-refractivity contribution in [3.05, 3.63) is 30.3 Å². The quantitative estimate of drug-likeness (QED) is 0.784. The van der Waals surface area contributed by atoms with E-state index >= 15 is 0 Å². The number of carbonyl (C=O) groups is 1. The van der Waals surface area contributed by atoms with Gasteiger partial charge in [0.25, 0.3) is 0 Å². The molecule has 6 nitrogen and oxygen atoms in total. The fraction of sp³-hybridized carbons (Fsp3) is 0.632. The predicted octanol–water partition coefficient (Wildman–Crippen LogP) is 2.06. The number of benzene rings is 1. The van der Waals surface area contributed by atoms with Crippen LogP contribution in [0.15, 0.2) is 35.2 Å². The van der Waals surface area contributed by atoms with Gasteiger partial charge < -0.3 is 10.6 Å². The third-order valence-electron chi connectivity index (χ3n) is 5.12. The summed E-state index contributed by atoms with van der Waals surface area (Å²) < 4.78 is 27.4. The van der Waals surface area contributed by atoms with Crippen molar-refractivity contribution < 1.29 is 13.2 Å². The first-order valence-corrected chi connectivity index (χ1v) is 10.8. The molecule has 0 aliphatic carbocycles. The molecule has 0 bridgehead atoms. The van der Waals surface area contributed by atoms with Gasteiger partial charge in [-0.25, -0.2) is 8.42 Å². The average Bonchev–Trinajstić information content (AvgIpc) is 2.65. The van der Waals surface area contributed by atoms with Crippen molar-refractivity contribution in [3.63, 3.8) is 0 Å². The maximum Gasteiger partial charge on any atom is 0.243 e. The Bertz CT molecular complexity index is 691. The second-order valence-electron chi connectivity index (χ2n) is 7.40. The van der Waals surface area contributed by atoms with Gasteiger partial charge in [0.2, 0.25) is 15.9 Å². The molecular weight excluding hydrogens is 350 g/mol. The molecule has 7 heteroatoms. The van der Waals surface area contributed by atoms with Crippen LogP contribution in [0.4, 0.5) is 0 Å². The van der Waals surface area contributed by atoms with Crippen LogP contribution < -0.4 is 5.73 Å². The molecule has 146 valence electrons. The zero-order valence-electron chi connectivity index (χ0n) is 16.0. The molecule has 1 amide bonds. The molecule has 1 aliphatic rings. The lowest BCUT2D eigenvalue weighted by molar-refractivity contribution is -0.135. The van der Waals surface area contributed by atoms with Gasteiger partial charge in [-0.15, -0.1) is 0 Å². The molecule has 2 unspecified atom stereocenters. The van der Waals surface area contributed by atoms with E-state index in [0.717, 1.165) is 12.8 Å². The zero-order chi connectivity index (χ0) is 19.3. The number of piperidine rings is 1. The number of nitrogens with zero attached hydrogens (tertiary/aromatic N) is 2. The number of carbonyl (C=O) groups excluding carboxylic acids is 1. The lowest BCUT2D eigenvalue weighted by Crippen LogP contribution is -2.52. The highest BCUT2D eigenvalue weighted by Crippen LogP contribution is 2.26. The van der Waals surface area contributed by atoms with Gasteiger partial charge in [-0.05, 0) is 37.3 Å². The summed E-state index contributed by atoms with van der Waals surface area (Å²) in [6, 6.07) is 7.74. The lowest BCUT2D eigenvalue weighted by Gasteiger charge is -2.36. The minimum atomic E-state index is -3.67. The molecule has 1 saturated heterocycles. The fourth-order valence-electron chi connectivity index (χ4n) is 3.21. The van der Waals surface area contributed by atoms with Crippen LogP contribution in [0.1, 0.15) is 39.5 Å². The minimum absolute atomic E-state index is 0.0285. The van der Waals surface area contributed by atoms with Crippen LogP contribution in [0.5, 0.6) is 0 Å². The predicted molar refractivity (Wildman–Crippen MR) is 103 cm³/mol. The Morgan fingerprint density at radius 2 is 1.92 bits per heavy atom. The number of rotatable bonds is 7. The Balaban J connectivity index is 2.14.